The summed E-state index contributed by atoms with van der Waals surface area (Å²) in [5, 5.41) is 8.31. The summed E-state index contributed by atoms with van der Waals surface area (Å²) in [5.74, 6) is 1.13. The van der Waals surface area contributed by atoms with Gasteiger partial charge in [-0.25, -0.2) is 4.98 Å². The molecule has 7 heteroatoms. The summed E-state index contributed by atoms with van der Waals surface area (Å²) in [6.45, 7) is 5.01. The molecule has 4 rings (SSSR count). The molecule has 3 aromatic rings. The van der Waals surface area contributed by atoms with Crippen LogP contribution in [-0.4, -0.2) is 38.6 Å². The van der Waals surface area contributed by atoms with Crippen LogP contribution in [-0.2, 0) is 4.79 Å². The second-order valence-electron chi connectivity index (χ2n) is 6.85. The Hall–Kier alpha value is -2.25. The van der Waals surface area contributed by atoms with Gasteiger partial charge in [0.25, 0.3) is 0 Å². The number of benzene rings is 2. The zero-order valence-corrected chi connectivity index (χ0v) is 17.5. The largest absolute Gasteiger partial charge is 0.311 e. The molecule has 0 spiro atoms. The molecule has 144 valence electrons. The third-order valence-electron chi connectivity index (χ3n) is 4.66. The molecule has 0 radical (unpaired) electrons. The smallest absolute Gasteiger partial charge is 0.237 e. The van der Waals surface area contributed by atoms with Crippen molar-refractivity contribution in [1.82, 2.24) is 15.2 Å². The number of H-pyrrole nitrogens is 1. The predicted molar refractivity (Wildman–Crippen MR) is 116 cm³/mol. The average molecular weight is 411 g/mol. The molecule has 1 atom stereocenters. The Balaban J connectivity index is 1.44. The molecule has 28 heavy (non-hydrogen) atoms. The van der Waals surface area contributed by atoms with E-state index in [1.54, 1.807) is 0 Å². The first-order valence-electron chi connectivity index (χ1n) is 9.28. The fraction of sp³-hybridized carbons (Fsp3) is 0.286. The number of nitrogens with zero attached hydrogens (tertiary/aromatic N) is 3. The van der Waals surface area contributed by atoms with Crippen molar-refractivity contribution >= 4 is 35.1 Å². The summed E-state index contributed by atoms with van der Waals surface area (Å²) in [5.41, 5.74) is 3.20. The third-order valence-corrected chi connectivity index (χ3v) is 6.73. The maximum atomic E-state index is 12.9. The van der Waals surface area contributed by atoms with Crippen molar-refractivity contribution in [2.45, 2.75) is 35.6 Å². The molecule has 1 aliphatic rings. The monoisotopic (exact) mass is 410 g/mol. The Labute approximate surface area is 173 Å². The van der Waals surface area contributed by atoms with Crippen molar-refractivity contribution in [3.05, 3.63) is 54.1 Å². The van der Waals surface area contributed by atoms with Gasteiger partial charge in [0.05, 0.1) is 11.4 Å². The standard InChI is InChI=1S/C21H22N4OS2/c1-14-7-9-16(10-8-14)20-22-21(24-23-20)27-13-19(26)25-12-11-15(2)28-18-6-4-3-5-17(18)25/h3-10,15H,11-13H2,1-2H3,(H,22,23,24). The quantitative estimate of drug-likeness (QED) is 0.627. The lowest BCUT2D eigenvalue weighted by molar-refractivity contribution is -0.116. The molecule has 1 N–H and O–H groups in total. The first-order valence-corrected chi connectivity index (χ1v) is 11.1. The topological polar surface area (TPSA) is 61.9 Å². The summed E-state index contributed by atoms with van der Waals surface area (Å²) in [6.07, 6.45) is 0.980. The predicted octanol–water partition coefficient (Wildman–Crippen LogP) is 4.79. The summed E-state index contributed by atoms with van der Waals surface area (Å²) in [6, 6.07) is 16.3. The molecule has 1 amide bonds. The van der Waals surface area contributed by atoms with Crippen LogP contribution in [0, 0.1) is 6.92 Å². The maximum Gasteiger partial charge on any atom is 0.237 e. The Bertz CT molecular complexity index is 971. The van der Waals surface area contributed by atoms with Crippen LogP contribution in [0.3, 0.4) is 0 Å². The number of rotatable bonds is 4. The molecule has 0 aliphatic carbocycles. The van der Waals surface area contributed by atoms with E-state index in [0.29, 0.717) is 16.2 Å². The molecule has 5 nitrogen and oxygen atoms in total. The Morgan fingerprint density at radius 1 is 1.25 bits per heavy atom. The van der Waals surface area contributed by atoms with Crippen molar-refractivity contribution in [1.29, 1.82) is 0 Å². The number of fused-ring (bicyclic) bond motifs is 1. The summed E-state index contributed by atoms with van der Waals surface area (Å²) in [4.78, 5) is 20.5. The van der Waals surface area contributed by atoms with Crippen LogP contribution in [0.2, 0.25) is 0 Å². The van der Waals surface area contributed by atoms with Gasteiger partial charge in [0, 0.05) is 22.3 Å². The summed E-state index contributed by atoms with van der Waals surface area (Å²) in [7, 11) is 0. The Morgan fingerprint density at radius 3 is 2.86 bits per heavy atom. The Kier molecular flexibility index (Phi) is 5.73. The number of anilines is 1. The number of para-hydroxylation sites is 1. The summed E-state index contributed by atoms with van der Waals surface area (Å²) >= 11 is 3.21. The minimum absolute atomic E-state index is 0.0915. The van der Waals surface area contributed by atoms with Crippen LogP contribution in [0.4, 0.5) is 5.69 Å². The fourth-order valence-electron chi connectivity index (χ4n) is 3.10. The van der Waals surface area contributed by atoms with Gasteiger partial charge in [-0.1, -0.05) is 60.6 Å². The molecule has 0 fully saturated rings. The number of aromatic nitrogens is 3. The fourth-order valence-corrected chi connectivity index (χ4v) is 4.89. The van der Waals surface area contributed by atoms with E-state index < -0.39 is 0 Å². The highest BCUT2D eigenvalue weighted by atomic mass is 32.2. The minimum atomic E-state index is 0.0915. The third kappa shape index (κ3) is 4.25. The number of aryl methyl sites for hydroxylation is 1. The van der Waals surface area contributed by atoms with Gasteiger partial charge in [0.1, 0.15) is 0 Å². The van der Waals surface area contributed by atoms with Crippen LogP contribution in [0.15, 0.2) is 58.6 Å². The van der Waals surface area contributed by atoms with E-state index in [1.807, 2.05) is 59.1 Å². The van der Waals surface area contributed by atoms with E-state index in [9.17, 15) is 4.79 Å². The van der Waals surface area contributed by atoms with Crippen LogP contribution in [0.5, 0.6) is 0 Å². The second-order valence-corrected chi connectivity index (χ2v) is 9.27. The molecule has 1 unspecified atom stereocenters. The molecule has 0 saturated carbocycles. The van der Waals surface area contributed by atoms with Gasteiger partial charge in [-0.3, -0.25) is 9.89 Å². The number of amides is 1. The van der Waals surface area contributed by atoms with E-state index in [2.05, 4.69) is 35.1 Å². The van der Waals surface area contributed by atoms with Gasteiger partial charge in [0.15, 0.2) is 5.82 Å². The molecular formula is C21H22N4OS2. The number of carbonyl (C=O) groups excluding carboxylic acids is 1. The highest BCUT2D eigenvalue weighted by molar-refractivity contribution is 8.00. The molecule has 2 heterocycles. The van der Waals surface area contributed by atoms with Crippen molar-refractivity contribution in [3.63, 3.8) is 0 Å². The molecule has 0 bridgehead atoms. The van der Waals surface area contributed by atoms with E-state index >= 15 is 0 Å². The maximum absolute atomic E-state index is 12.9. The van der Waals surface area contributed by atoms with Gasteiger partial charge in [-0.2, -0.15) is 0 Å². The molecule has 1 aromatic heterocycles. The van der Waals surface area contributed by atoms with Crippen LogP contribution >= 0.6 is 23.5 Å². The van der Waals surface area contributed by atoms with Gasteiger partial charge < -0.3 is 4.90 Å². The van der Waals surface area contributed by atoms with Gasteiger partial charge in [-0.15, -0.1) is 16.9 Å². The molecule has 2 aromatic carbocycles. The number of aromatic amines is 1. The van der Waals surface area contributed by atoms with Crippen LogP contribution in [0.1, 0.15) is 18.9 Å². The second kappa shape index (κ2) is 8.41. The lowest BCUT2D eigenvalue weighted by atomic mass is 10.1. The lowest BCUT2D eigenvalue weighted by Gasteiger charge is -2.22. The van der Waals surface area contributed by atoms with Crippen molar-refractivity contribution in [3.8, 4) is 11.4 Å². The zero-order valence-electron chi connectivity index (χ0n) is 15.9. The first kappa shape index (κ1) is 19.1. The van der Waals surface area contributed by atoms with Gasteiger partial charge >= 0.3 is 0 Å². The zero-order chi connectivity index (χ0) is 19.5. The van der Waals surface area contributed by atoms with E-state index in [-0.39, 0.29) is 5.91 Å². The minimum Gasteiger partial charge on any atom is -0.311 e. The number of nitrogens with one attached hydrogen (secondary N) is 1. The number of carbonyl (C=O) groups is 1. The molecule has 0 saturated heterocycles. The highest BCUT2D eigenvalue weighted by Gasteiger charge is 2.24. The van der Waals surface area contributed by atoms with Crippen molar-refractivity contribution in [2.75, 3.05) is 17.2 Å². The first-order chi connectivity index (χ1) is 13.6. The van der Waals surface area contributed by atoms with Gasteiger partial charge in [0.2, 0.25) is 11.1 Å². The van der Waals surface area contributed by atoms with Crippen molar-refractivity contribution in [2.24, 2.45) is 0 Å². The number of hydrogen-bond donors (Lipinski definition) is 1. The number of hydrogen-bond acceptors (Lipinski definition) is 5. The number of thioether (sulfide) groups is 2. The van der Waals surface area contributed by atoms with Gasteiger partial charge in [-0.05, 0) is 25.5 Å². The van der Waals surface area contributed by atoms with E-state index in [0.717, 1.165) is 30.0 Å². The molecular weight excluding hydrogens is 388 g/mol. The van der Waals surface area contributed by atoms with Crippen LogP contribution in [0.25, 0.3) is 11.4 Å². The van der Waals surface area contributed by atoms with E-state index in [4.69, 9.17) is 0 Å². The van der Waals surface area contributed by atoms with E-state index in [1.165, 1.54) is 22.2 Å². The SMILES string of the molecule is Cc1ccc(-c2nc(SCC(=O)N3CCC(C)Sc4ccccc43)n[nH]2)cc1. The highest BCUT2D eigenvalue weighted by Crippen LogP contribution is 2.37. The summed E-state index contributed by atoms with van der Waals surface area (Å²) < 4.78 is 0. The lowest BCUT2D eigenvalue weighted by Crippen LogP contribution is -2.33. The van der Waals surface area contributed by atoms with Crippen molar-refractivity contribution < 1.29 is 4.79 Å². The Morgan fingerprint density at radius 2 is 2.04 bits per heavy atom. The normalized spacial score (nSPS) is 16.5. The molecule has 1 aliphatic heterocycles. The average Bonchev–Trinajstić information content (AvgIpc) is 3.10. The van der Waals surface area contributed by atoms with Crippen LogP contribution < -0.4 is 4.90 Å².